The molecule has 0 spiro atoms. The van der Waals surface area contributed by atoms with Crippen LogP contribution in [0.5, 0.6) is 17.4 Å². The van der Waals surface area contributed by atoms with Gasteiger partial charge in [0.05, 0.1) is 0 Å². The predicted molar refractivity (Wildman–Crippen MR) is 103 cm³/mol. The second kappa shape index (κ2) is 8.92. The molecule has 0 aliphatic rings. The quantitative estimate of drug-likeness (QED) is 0.619. The Morgan fingerprint density at radius 1 is 1.04 bits per heavy atom. The van der Waals surface area contributed by atoms with Gasteiger partial charge in [0.1, 0.15) is 11.5 Å². The highest BCUT2D eigenvalue weighted by Gasteiger charge is 2.05. The molecule has 5 nitrogen and oxygen atoms in total. The Balaban J connectivity index is 1.50. The average molecular weight is 366 g/mol. The monoisotopic (exact) mass is 366 g/mol. The molecule has 26 heavy (non-hydrogen) atoms. The van der Waals surface area contributed by atoms with Gasteiger partial charge < -0.3 is 14.8 Å². The molecule has 0 aliphatic heterocycles. The molecule has 0 saturated heterocycles. The van der Waals surface area contributed by atoms with E-state index < -0.39 is 0 Å². The molecule has 132 valence electrons. The molecule has 0 fully saturated rings. The number of pyridine rings is 1. The van der Waals surface area contributed by atoms with Gasteiger partial charge in [0.2, 0.25) is 5.88 Å². The molecule has 3 rings (SSSR count). The highest BCUT2D eigenvalue weighted by atomic mass is 32.2. The van der Waals surface area contributed by atoms with Crippen molar-refractivity contribution in [3.8, 4) is 17.4 Å². The molecular weight excluding hydrogens is 348 g/mol. The standard InChI is InChI=1S/C20H18N2O3S/c1-26-18-6-4-5-15(13-18)22-19(23)14-24-16-8-10-17(11-9-16)25-20-7-2-3-12-21-20/h2-13H,14H2,1H3,(H,22,23). The topological polar surface area (TPSA) is 60.5 Å². The van der Waals surface area contributed by atoms with E-state index in [1.54, 1.807) is 48.3 Å². The number of nitrogens with zero attached hydrogens (tertiary/aromatic N) is 1. The Labute approximate surface area is 156 Å². The summed E-state index contributed by atoms with van der Waals surface area (Å²) in [5, 5.41) is 2.82. The van der Waals surface area contributed by atoms with Gasteiger partial charge in [-0.3, -0.25) is 4.79 Å². The van der Waals surface area contributed by atoms with E-state index in [2.05, 4.69) is 10.3 Å². The fourth-order valence-corrected chi connectivity index (χ4v) is 2.64. The van der Waals surface area contributed by atoms with Gasteiger partial charge in [-0.05, 0) is 54.8 Å². The first-order chi connectivity index (χ1) is 12.7. The smallest absolute Gasteiger partial charge is 0.262 e. The molecule has 0 aliphatic carbocycles. The maximum Gasteiger partial charge on any atom is 0.262 e. The fourth-order valence-electron chi connectivity index (χ4n) is 2.18. The lowest BCUT2D eigenvalue weighted by Crippen LogP contribution is -2.20. The lowest BCUT2D eigenvalue weighted by atomic mass is 10.3. The number of amides is 1. The summed E-state index contributed by atoms with van der Waals surface area (Å²) in [6.45, 7) is -0.0655. The Morgan fingerprint density at radius 2 is 1.85 bits per heavy atom. The van der Waals surface area contributed by atoms with Crippen LogP contribution in [0, 0.1) is 0 Å². The van der Waals surface area contributed by atoms with Crippen molar-refractivity contribution in [2.75, 3.05) is 18.2 Å². The first-order valence-electron chi connectivity index (χ1n) is 7.98. The van der Waals surface area contributed by atoms with Gasteiger partial charge in [-0.2, -0.15) is 0 Å². The predicted octanol–water partition coefficient (Wildman–Crippen LogP) is 4.61. The number of thioether (sulfide) groups is 1. The van der Waals surface area contributed by atoms with Crippen LogP contribution in [-0.4, -0.2) is 23.8 Å². The van der Waals surface area contributed by atoms with Crippen LogP contribution >= 0.6 is 11.8 Å². The number of carbonyl (C=O) groups excluding carboxylic acids is 1. The van der Waals surface area contributed by atoms with Crippen molar-refractivity contribution in [1.82, 2.24) is 4.98 Å². The molecule has 6 heteroatoms. The molecule has 3 aromatic rings. The van der Waals surface area contributed by atoms with Crippen molar-refractivity contribution in [3.05, 3.63) is 72.9 Å². The third-order valence-corrected chi connectivity index (χ3v) is 4.13. The number of carbonyl (C=O) groups is 1. The molecule has 1 heterocycles. The van der Waals surface area contributed by atoms with E-state index in [0.717, 1.165) is 10.6 Å². The third-order valence-electron chi connectivity index (χ3n) is 3.41. The molecule has 2 aromatic carbocycles. The molecular formula is C20H18N2O3S. The Bertz CT molecular complexity index is 854. The fraction of sp³-hybridized carbons (Fsp3) is 0.100. The van der Waals surface area contributed by atoms with Gasteiger partial charge in [0.25, 0.3) is 5.91 Å². The first-order valence-corrected chi connectivity index (χ1v) is 9.21. The Morgan fingerprint density at radius 3 is 2.58 bits per heavy atom. The summed E-state index contributed by atoms with van der Waals surface area (Å²) in [5.41, 5.74) is 0.754. The van der Waals surface area contributed by atoms with Crippen molar-refractivity contribution >= 4 is 23.4 Å². The maximum atomic E-state index is 12.0. The Kier molecular flexibility index (Phi) is 6.11. The van der Waals surface area contributed by atoms with E-state index >= 15 is 0 Å². The Hall–Kier alpha value is -2.99. The van der Waals surface area contributed by atoms with Gasteiger partial charge >= 0.3 is 0 Å². The normalized spacial score (nSPS) is 10.2. The van der Waals surface area contributed by atoms with Crippen molar-refractivity contribution in [2.45, 2.75) is 4.90 Å². The molecule has 0 bridgehead atoms. The van der Waals surface area contributed by atoms with Crippen molar-refractivity contribution in [2.24, 2.45) is 0 Å². The number of ether oxygens (including phenoxy) is 2. The second-order valence-corrected chi connectivity index (χ2v) is 6.19. The highest BCUT2D eigenvalue weighted by Crippen LogP contribution is 2.22. The lowest BCUT2D eigenvalue weighted by molar-refractivity contribution is -0.118. The summed E-state index contributed by atoms with van der Waals surface area (Å²) in [5.74, 6) is 1.55. The number of benzene rings is 2. The minimum Gasteiger partial charge on any atom is -0.484 e. The number of rotatable bonds is 7. The van der Waals surface area contributed by atoms with E-state index in [4.69, 9.17) is 9.47 Å². The zero-order chi connectivity index (χ0) is 18.2. The van der Waals surface area contributed by atoms with E-state index in [1.165, 1.54) is 0 Å². The number of aromatic nitrogens is 1. The molecule has 1 N–H and O–H groups in total. The molecule has 1 amide bonds. The van der Waals surface area contributed by atoms with Gasteiger partial charge in [-0.1, -0.05) is 12.1 Å². The van der Waals surface area contributed by atoms with Crippen LogP contribution < -0.4 is 14.8 Å². The average Bonchev–Trinajstić information content (AvgIpc) is 2.68. The zero-order valence-corrected chi connectivity index (χ0v) is 15.0. The summed E-state index contributed by atoms with van der Waals surface area (Å²) < 4.78 is 11.1. The van der Waals surface area contributed by atoms with Gasteiger partial charge in [-0.25, -0.2) is 4.98 Å². The number of hydrogen-bond acceptors (Lipinski definition) is 5. The second-order valence-electron chi connectivity index (χ2n) is 5.31. The highest BCUT2D eigenvalue weighted by molar-refractivity contribution is 7.98. The van der Waals surface area contributed by atoms with Gasteiger partial charge in [0.15, 0.2) is 6.61 Å². The van der Waals surface area contributed by atoms with E-state index in [0.29, 0.717) is 17.4 Å². The van der Waals surface area contributed by atoms with Gasteiger partial charge in [-0.15, -0.1) is 11.8 Å². The number of nitrogens with one attached hydrogen (secondary N) is 1. The maximum absolute atomic E-state index is 12.0. The van der Waals surface area contributed by atoms with E-state index in [9.17, 15) is 4.79 Å². The molecule has 0 unspecified atom stereocenters. The SMILES string of the molecule is CSc1cccc(NC(=O)COc2ccc(Oc3ccccn3)cc2)c1. The van der Waals surface area contributed by atoms with Crippen molar-refractivity contribution in [3.63, 3.8) is 0 Å². The molecule has 0 radical (unpaired) electrons. The van der Waals surface area contributed by atoms with Crippen LogP contribution in [0.3, 0.4) is 0 Å². The van der Waals surface area contributed by atoms with Gasteiger partial charge in [0, 0.05) is 22.8 Å². The summed E-state index contributed by atoms with van der Waals surface area (Å²) in [4.78, 5) is 17.2. The summed E-state index contributed by atoms with van der Waals surface area (Å²) in [6, 6.07) is 20.2. The third kappa shape index (κ3) is 5.26. The molecule has 0 saturated carbocycles. The molecule has 0 atom stereocenters. The van der Waals surface area contributed by atoms with Crippen LogP contribution in [0.2, 0.25) is 0 Å². The van der Waals surface area contributed by atoms with Crippen LogP contribution in [0.25, 0.3) is 0 Å². The van der Waals surface area contributed by atoms with Crippen molar-refractivity contribution < 1.29 is 14.3 Å². The van der Waals surface area contributed by atoms with E-state index in [-0.39, 0.29) is 12.5 Å². The van der Waals surface area contributed by atoms with Crippen LogP contribution in [0.1, 0.15) is 0 Å². The zero-order valence-electron chi connectivity index (χ0n) is 14.2. The van der Waals surface area contributed by atoms with E-state index in [1.807, 2.05) is 42.7 Å². The minimum absolute atomic E-state index is 0.0655. The van der Waals surface area contributed by atoms with Crippen molar-refractivity contribution in [1.29, 1.82) is 0 Å². The van der Waals surface area contributed by atoms with Crippen LogP contribution in [0.4, 0.5) is 5.69 Å². The summed E-state index contributed by atoms with van der Waals surface area (Å²) in [6.07, 6.45) is 3.66. The van der Waals surface area contributed by atoms with Crippen LogP contribution in [-0.2, 0) is 4.79 Å². The first kappa shape index (κ1) is 17.8. The largest absolute Gasteiger partial charge is 0.484 e. The molecule has 1 aromatic heterocycles. The summed E-state index contributed by atoms with van der Waals surface area (Å²) >= 11 is 1.62. The lowest BCUT2D eigenvalue weighted by Gasteiger charge is -2.09. The number of anilines is 1. The minimum atomic E-state index is -0.211. The summed E-state index contributed by atoms with van der Waals surface area (Å²) in [7, 11) is 0. The van der Waals surface area contributed by atoms with Crippen LogP contribution in [0.15, 0.2) is 77.8 Å². The number of hydrogen-bond donors (Lipinski definition) is 1.